The van der Waals surface area contributed by atoms with Crippen molar-refractivity contribution in [3.63, 3.8) is 0 Å². The molecule has 1 aromatic carbocycles. The Balaban J connectivity index is 2.47. The number of benzene rings is 1. The van der Waals surface area contributed by atoms with Gasteiger partial charge in [0.25, 0.3) is 0 Å². The summed E-state index contributed by atoms with van der Waals surface area (Å²) in [5.74, 6) is 1.33. The lowest BCUT2D eigenvalue weighted by atomic mass is 10.2. The minimum atomic E-state index is 0.531. The van der Waals surface area contributed by atoms with Crippen LogP contribution in [-0.2, 0) is 4.79 Å². The summed E-state index contributed by atoms with van der Waals surface area (Å²) in [5, 5.41) is 0. The van der Waals surface area contributed by atoms with Crippen molar-refractivity contribution in [2.75, 3.05) is 0 Å². The number of aryl methyl sites for hydroxylation is 1. The van der Waals surface area contributed by atoms with Crippen molar-refractivity contribution >= 4 is 11.8 Å². The lowest BCUT2D eigenvalue weighted by Gasteiger charge is -1.93. The molecule has 1 heterocycles. The molecule has 0 N–H and O–H groups in total. The van der Waals surface area contributed by atoms with Crippen molar-refractivity contribution in [2.24, 2.45) is 4.99 Å². The molecule has 0 atom stereocenters. The SMILES string of the molecule is Cc1oc(-c2ccccc2)cc1N=C=O. The molecule has 15 heavy (non-hydrogen) atoms. The van der Waals surface area contributed by atoms with Crippen molar-refractivity contribution in [1.29, 1.82) is 0 Å². The second-order valence-electron chi connectivity index (χ2n) is 3.12. The quantitative estimate of drug-likeness (QED) is 0.550. The monoisotopic (exact) mass is 199 g/mol. The second-order valence-corrected chi connectivity index (χ2v) is 3.12. The van der Waals surface area contributed by atoms with Gasteiger partial charge >= 0.3 is 0 Å². The summed E-state index contributed by atoms with van der Waals surface area (Å²) >= 11 is 0. The Kier molecular flexibility index (Phi) is 2.48. The first kappa shape index (κ1) is 9.44. The van der Waals surface area contributed by atoms with E-state index in [0.29, 0.717) is 17.2 Å². The Labute approximate surface area is 87.1 Å². The van der Waals surface area contributed by atoms with Crippen LogP contribution in [-0.4, -0.2) is 6.08 Å². The predicted octanol–water partition coefficient (Wildman–Crippen LogP) is 3.22. The van der Waals surface area contributed by atoms with Crippen molar-refractivity contribution in [3.05, 3.63) is 42.2 Å². The van der Waals surface area contributed by atoms with E-state index in [0.717, 1.165) is 5.56 Å². The van der Waals surface area contributed by atoms with Crippen LogP contribution < -0.4 is 0 Å². The zero-order valence-corrected chi connectivity index (χ0v) is 8.23. The molecule has 0 saturated heterocycles. The molecule has 0 aliphatic rings. The number of carbonyl (C=O) groups excluding carboxylic acids is 1. The lowest BCUT2D eigenvalue weighted by molar-refractivity contribution is 0.548. The Bertz CT molecular complexity index is 508. The summed E-state index contributed by atoms with van der Waals surface area (Å²) in [6.07, 6.45) is 1.50. The summed E-state index contributed by atoms with van der Waals surface area (Å²) in [5.41, 5.74) is 1.50. The fourth-order valence-corrected chi connectivity index (χ4v) is 1.38. The maximum atomic E-state index is 10.1. The third-order valence-corrected chi connectivity index (χ3v) is 2.12. The van der Waals surface area contributed by atoms with Crippen molar-refractivity contribution in [2.45, 2.75) is 6.92 Å². The van der Waals surface area contributed by atoms with Gasteiger partial charge in [0.2, 0.25) is 6.08 Å². The van der Waals surface area contributed by atoms with Gasteiger partial charge in [-0.3, -0.25) is 0 Å². The topological polar surface area (TPSA) is 42.6 Å². The fraction of sp³-hybridized carbons (Fsp3) is 0.0833. The molecule has 0 radical (unpaired) electrons. The number of rotatable bonds is 2. The van der Waals surface area contributed by atoms with Gasteiger partial charge < -0.3 is 4.42 Å². The van der Waals surface area contributed by atoms with Crippen molar-refractivity contribution < 1.29 is 9.21 Å². The molecule has 0 fully saturated rings. The van der Waals surface area contributed by atoms with Crippen LogP contribution in [0.15, 0.2) is 45.8 Å². The predicted molar refractivity (Wildman–Crippen MR) is 56.7 cm³/mol. The van der Waals surface area contributed by atoms with Gasteiger partial charge in [-0.05, 0) is 6.92 Å². The molecule has 3 nitrogen and oxygen atoms in total. The first-order valence-electron chi connectivity index (χ1n) is 4.55. The summed E-state index contributed by atoms with van der Waals surface area (Å²) in [6, 6.07) is 11.4. The van der Waals surface area contributed by atoms with E-state index in [1.807, 2.05) is 30.3 Å². The van der Waals surface area contributed by atoms with Crippen LogP contribution in [0.4, 0.5) is 5.69 Å². The van der Waals surface area contributed by atoms with E-state index in [9.17, 15) is 4.79 Å². The Morgan fingerprint density at radius 3 is 2.67 bits per heavy atom. The molecular weight excluding hydrogens is 190 g/mol. The molecule has 0 saturated carbocycles. The van der Waals surface area contributed by atoms with Crippen LogP contribution in [0, 0.1) is 6.92 Å². The molecule has 2 aromatic rings. The Morgan fingerprint density at radius 2 is 2.00 bits per heavy atom. The molecule has 74 valence electrons. The number of nitrogens with zero attached hydrogens (tertiary/aromatic N) is 1. The minimum absolute atomic E-state index is 0.531. The molecule has 0 spiro atoms. The van der Waals surface area contributed by atoms with E-state index < -0.39 is 0 Å². The summed E-state index contributed by atoms with van der Waals surface area (Å²) in [6.45, 7) is 1.77. The smallest absolute Gasteiger partial charge is 0.240 e. The lowest BCUT2D eigenvalue weighted by Crippen LogP contribution is -1.69. The van der Waals surface area contributed by atoms with E-state index in [4.69, 9.17) is 4.42 Å². The van der Waals surface area contributed by atoms with Gasteiger partial charge in [-0.2, -0.15) is 4.99 Å². The molecule has 1 aromatic heterocycles. The highest BCUT2D eigenvalue weighted by Gasteiger charge is 2.07. The van der Waals surface area contributed by atoms with Crippen LogP contribution in [0.25, 0.3) is 11.3 Å². The van der Waals surface area contributed by atoms with Crippen molar-refractivity contribution in [1.82, 2.24) is 0 Å². The maximum Gasteiger partial charge on any atom is 0.240 e. The molecule has 0 unspecified atom stereocenters. The highest BCUT2D eigenvalue weighted by molar-refractivity contribution is 5.64. The number of hydrogen-bond donors (Lipinski definition) is 0. The van der Waals surface area contributed by atoms with Gasteiger partial charge in [0, 0.05) is 11.6 Å². The molecule has 2 rings (SSSR count). The van der Waals surface area contributed by atoms with Gasteiger partial charge in [0.15, 0.2) is 0 Å². The van der Waals surface area contributed by atoms with Crippen LogP contribution in [0.2, 0.25) is 0 Å². The average molecular weight is 199 g/mol. The van der Waals surface area contributed by atoms with Crippen LogP contribution in [0.5, 0.6) is 0 Å². The fourth-order valence-electron chi connectivity index (χ4n) is 1.38. The van der Waals surface area contributed by atoms with E-state index in [2.05, 4.69) is 4.99 Å². The van der Waals surface area contributed by atoms with E-state index in [-0.39, 0.29) is 0 Å². The van der Waals surface area contributed by atoms with Crippen LogP contribution in [0.3, 0.4) is 0 Å². The van der Waals surface area contributed by atoms with Gasteiger partial charge in [-0.1, -0.05) is 30.3 Å². The van der Waals surface area contributed by atoms with Gasteiger partial charge in [-0.15, -0.1) is 0 Å². The zero-order chi connectivity index (χ0) is 10.7. The molecule has 0 amide bonds. The first-order valence-corrected chi connectivity index (χ1v) is 4.55. The number of furan rings is 1. The van der Waals surface area contributed by atoms with Gasteiger partial charge in [-0.25, -0.2) is 4.79 Å². The first-order chi connectivity index (χ1) is 7.31. The second kappa shape index (κ2) is 3.95. The normalized spacial score (nSPS) is 9.67. The highest BCUT2D eigenvalue weighted by Crippen LogP contribution is 2.29. The average Bonchev–Trinajstić information content (AvgIpc) is 2.63. The molecular formula is C12H9NO2. The Hall–Kier alpha value is -2.12. The maximum absolute atomic E-state index is 10.1. The summed E-state index contributed by atoms with van der Waals surface area (Å²) in [7, 11) is 0. The van der Waals surface area contributed by atoms with E-state index >= 15 is 0 Å². The summed E-state index contributed by atoms with van der Waals surface area (Å²) in [4.78, 5) is 13.7. The third kappa shape index (κ3) is 1.87. The number of aliphatic imine (C=N–C) groups is 1. The Morgan fingerprint density at radius 1 is 1.27 bits per heavy atom. The zero-order valence-electron chi connectivity index (χ0n) is 8.23. The van der Waals surface area contributed by atoms with Crippen LogP contribution >= 0.6 is 0 Å². The van der Waals surface area contributed by atoms with Gasteiger partial charge in [0.1, 0.15) is 17.2 Å². The third-order valence-electron chi connectivity index (χ3n) is 2.12. The van der Waals surface area contributed by atoms with Crippen LogP contribution in [0.1, 0.15) is 5.76 Å². The standard InChI is InChI=1S/C12H9NO2/c1-9-11(13-8-14)7-12(15-9)10-5-3-2-4-6-10/h2-7H,1H3. The van der Waals surface area contributed by atoms with Gasteiger partial charge in [0.05, 0.1) is 0 Å². The minimum Gasteiger partial charge on any atom is -0.459 e. The molecule has 0 aliphatic heterocycles. The molecule has 3 heteroatoms. The van der Waals surface area contributed by atoms with Crippen molar-refractivity contribution in [3.8, 4) is 11.3 Å². The highest BCUT2D eigenvalue weighted by atomic mass is 16.3. The largest absolute Gasteiger partial charge is 0.459 e. The molecule has 0 aliphatic carbocycles. The summed E-state index contributed by atoms with van der Waals surface area (Å²) < 4.78 is 5.48. The van der Waals surface area contributed by atoms with E-state index in [1.54, 1.807) is 13.0 Å². The molecule has 0 bridgehead atoms. The van der Waals surface area contributed by atoms with E-state index in [1.165, 1.54) is 6.08 Å². The number of hydrogen-bond acceptors (Lipinski definition) is 3. The number of isocyanates is 1.